The highest BCUT2D eigenvalue weighted by molar-refractivity contribution is 5.85. The van der Waals surface area contributed by atoms with Gasteiger partial charge in [0.2, 0.25) is 0 Å². The van der Waals surface area contributed by atoms with E-state index in [0.717, 1.165) is 50.7 Å². The molecular formula is C21H36N2O3. The smallest absolute Gasteiger partial charge is 0.129 e. The van der Waals surface area contributed by atoms with E-state index >= 15 is 0 Å². The minimum atomic E-state index is -0.263. The summed E-state index contributed by atoms with van der Waals surface area (Å²) in [6.45, 7) is 5.66. The van der Waals surface area contributed by atoms with Crippen molar-refractivity contribution in [1.29, 1.82) is 0 Å². The van der Waals surface area contributed by atoms with Crippen molar-refractivity contribution in [2.75, 3.05) is 13.2 Å². The first-order chi connectivity index (χ1) is 12.4. The van der Waals surface area contributed by atoms with Gasteiger partial charge < -0.3 is 20.8 Å². The summed E-state index contributed by atoms with van der Waals surface area (Å²) in [4.78, 5) is 5.31. The second kappa shape index (κ2) is 6.75. The third kappa shape index (κ3) is 2.73. The summed E-state index contributed by atoms with van der Waals surface area (Å²) >= 11 is 0. The monoisotopic (exact) mass is 364 g/mol. The van der Waals surface area contributed by atoms with Crippen molar-refractivity contribution in [3.8, 4) is 0 Å². The highest BCUT2D eigenvalue weighted by Gasteiger charge is 2.61. The first-order valence-electron chi connectivity index (χ1n) is 10.6. The Bertz CT molecular complexity index is 567. The van der Waals surface area contributed by atoms with Crippen LogP contribution in [0.15, 0.2) is 5.16 Å². The summed E-state index contributed by atoms with van der Waals surface area (Å²) in [5.74, 6) is 2.10. The largest absolute Gasteiger partial charge is 0.395 e. The fourth-order valence-corrected chi connectivity index (χ4v) is 7.35. The van der Waals surface area contributed by atoms with Crippen LogP contribution in [0.4, 0.5) is 0 Å². The van der Waals surface area contributed by atoms with Crippen molar-refractivity contribution >= 4 is 5.71 Å². The van der Waals surface area contributed by atoms with E-state index in [1.807, 2.05) is 0 Å². The molecule has 4 saturated carbocycles. The fourth-order valence-electron chi connectivity index (χ4n) is 7.35. The van der Waals surface area contributed by atoms with E-state index in [1.165, 1.54) is 6.42 Å². The van der Waals surface area contributed by atoms with Crippen LogP contribution >= 0.6 is 0 Å². The SMILES string of the molecule is C[C@]12CC/C(=N/OCCN)C[C@@H]1[C@H](O)CC1C2CC[C@]2(C)C(O)CC[C@@H]12. The maximum absolute atomic E-state index is 11.1. The summed E-state index contributed by atoms with van der Waals surface area (Å²) in [5.41, 5.74) is 6.83. The molecule has 5 nitrogen and oxygen atoms in total. The van der Waals surface area contributed by atoms with Gasteiger partial charge in [-0.25, -0.2) is 0 Å². The standard InChI is InChI=1S/C21H36N2O3/c1-20-7-5-13(23-26-10-9-22)11-17(20)18(24)12-14-15-3-4-19(25)21(15,2)8-6-16(14)20/h14-19,24-25H,3-12,22H2,1-2H3/b23-13-/t14?,15-,16?,17+,18+,19?,20+,21-/m0/s1. The Morgan fingerprint density at radius 1 is 1.08 bits per heavy atom. The lowest BCUT2D eigenvalue weighted by Crippen LogP contribution is -2.58. The number of fused-ring (bicyclic) bond motifs is 5. The molecule has 148 valence electrons. The normalized spacial score (nSPS) is 52.3. The van der Waals surface area contributed by atoms with Crippen molar-refractivity contribution in [1.82, 2.24) is 0 Å². The third-order valence-corrected chi connectivity index (χ3v) is 8.87. The molecule has 4 aliphatic rings. The molecule has 0 amide bonds. The molecule has 8 atom stereocenters. The Morgan fingerprint density at radius 2 is 1.85 bits per heavy atom. The van der Waals surface area contributed by atoms with Crippen molar-refractivity contribution < 1.29 is 15.1 Å². The van der Waals surface area contributed by atoms with Gasteiger partial charge in [0.15, 0.2) is 0 Å². The van der Waals surface area contributed by atoms with E-state index < -0.39 is 0 Å². The lowest BCUT2D eigenvalue weighted by molar-refractivity contribution is -0.153. The molecule has 0 aromatic carbocycles. The van der Waals surface area contributed by atoms with Crippen LogP contribution in [0.1, 0.15) is 65.2 Å². The van der Waals surface area contributed by atoms with Gasteiger partial charge in [0.1, 0.15) is 6.61 Å². The van der Waals surface area contributed by atoms with Crippen molar-refractivity contribution in [2.45, 2.75) is 77.4 Å². The average Bonchev–Trinajstić information content (AvgIpc) is 2.92. The highest BCUT2D eigenvalue weighted by atomic mass is 16.6. The molecular weight excluding hydrogens is 328 g/mol. The van der Waals surface area contributed by atoms with E-state index in [4.69, 9.17) is 10.6 Å². The van der Waals surface area contributed by atoms with E-state index in [0.29, 0.717) is 30.9 Å². The van der Waals surface area contributed by atoms with Gasteiger partial charge in [0, 0.05) is 6.54 Å². The first kappa shape index (κ1) is 18.7. The average molecular weight is 365 g/mol. The van der Waals surface area contributed by atoms with Crippen LogP contribution in [-0.2, 0) is 4.84 Å². The maximum atomic E-state index is 11.1. The molecule has 0 bridgehead atoms. The molecule has 0 aromatic heterocycles. The van der Waals surface area contributed by atoms with Gasteiger partial charge in [-0.1, -0.05) is 19.0 Å². The number of aliphatic hydroxyl groups is 2. The molecule has 0 aromatic rings. The summed E-state index contributed by atoms with van der Waals surface area (Å²) in [7, 11) is 0. The molecule has 26 heavy (non-hydrogen) atoms. The Morgan fingerprint density at radius 3 is 2.62 bits per heavy atom. The van der Waals surface area contributed by atoms with E-state index in [9.17, 15) is 10.2 Å². The number of nitrogens with two attached hydrogens (primary N) is 1. The van der Waals surface area contributed by atoms with Crippen LogP contribution in [0.25, 0.3) is 0 Å². The molecule has 0 aliphatic heterocycles. The van der Waals surface area contributed by atoms with Crippen LogP contribution in [0.3, 0.4) is 0 Å². The van der Waals surface area contributed by atoms with Crippen LogP contribution in [0.5, 0.6) is 0 Å². The predicted molar refractivity (Wildman–Crippen MR) is 102 cm³/mol. The number of rotatable bonds is 3. The second-order valence-corrected chi connectivity index (χ2v) is 9.91. The number of aliphatic hydroxyl groups excluding tert-OH is 2. The van der Waals surface area contributed by atoms with Gasteiger partial charge >= 0.3 is 0 Å². The van der Waals surface area contributed by atoms with Crippen molar-refractivity contribution in [3.63, 3.8) is 0 Å². The Hall–Kier alpha value is -0.650. The Balaban J connectivity index is 1.55. The van der Waals surface area contributed by atoms with Crippen LogP contribution in [0, 0.1) is 34.5 Å². The minimum absolute atomic E-state index is 0.0709. The maximum Gasteiger partial charge on any atom is 0.129 e. The summed E-state index contributed by atoms with van der Waals surface area (Å²) in [5, 5.41) is 26.0. The zero-order chi connectivity index (χ0) is 18.5. The number of nitrogens with zero attached hydrogens (tertiary/aromatic N) is 1. The molecule has 0 heterocycles. The molecule has 4 N–H and O–H groups in total. The van der Waals surface area contributed by atoms with E-state index in [-0.39, 0.29) is 29.0 Å². The highest BCUT2D eigenvalue weighted by Crippen LogP contribution is 2.65. The van der Waals surface area contributed by atoms with Gasteiger partial charge in [-0.2, -0.15) is 0 Å². The number of oxime groups is 1. The molecule has 0 spiro atoms. The molecule has 4 fully saturated rings. The Kier molecular flexibility index (Phi) is 4.85. The van der Waals surface area contributed by atoms with E-state index in [1.54, 1.807) is 0 Å². The van der Waals surface area contributed by atoms with Crippen molar-refractivity contribution in [3.05, 3.63) is 0 Å². The molecule has 4 rings (SSSR count). The van der Waals surface area contributed by atoms with Crippen LogP contribution in [0.2, 0.25) is 0 Å². The van der Waals surface area contributed by atoms with Gasteiger partial charge in [-0.15, -0.1) is 0 Å². The lowest BCUT2D eigenvalue weighted by atomic mass is 9.44. The molecule has 0 radical (unpaired) electrons. The number of hydrogen-bond donors (Lipinski definition) is 3. The summed E-state index contributed by atoms with van der Waals surface area (Å²) in [6, 6.07) is 0. The second-order valence-electron chi connectivity index (χ2n) is 9.91. The van der Waals surface area contributed by atoms with Gasteiger partial charge in [-0.05, 0) is 85.9 Å². The van der Waals surface area contributed by atoms with Crippen LogP contribution in [-0.4, -0.2) is 41.3 Å². The zero-order valence-electron chi connectivity index (χ0n) is 16.4. The topological polar surface area (TPSA) is 88.1 Å². The predicted octanol–water partition coefficient (Wildman–Crippen LogP) is 2.69. The summed E-state index contributed by atoms with van der Waals surface area (Å²) in [6.07, 6.45) is 7.81. The zero-order valence-corrected chi connectivity index (χ0v) is 16.4. The van der Waals surface area contributed by atoms with Gasteiger partial charge in [-0.3, -0.25) is 0 Å². The molecule has 3 unspecified atom stereocenters. The Labute approximate surface area is 157 Å². The van der Waals surface area contributed by atoms with Gasteiger partial charge in [0.05, 0.1) is 17.9 Å². The fraction of sp³-hybridized carbons (Fsp3) is 0.952. The third-order valence-electron chi connectivity index (χ3n) is 8.87. The number of hydrogen-bond acceptors (Lipinski definition) is 5. The molecule has 0 saturated heterocycles. The minimum Gasteiger partial charge on any atom is -0.395 e. The van der Waals surface area contributed by atoms with Crippen molar-refractivity contribution in [2.24, 2.45) is 45.4 Å². The van der Waals surface area contributed by atoms with Gasteiger partial charge in [0.25, 0.3) is 0 Å². The summed E-state index contributed by atoms with van der Waals surface area (Å²) < 4.78 is 0. The molecule has 4 aliphatic carbocycles. The van der Waals surface area contributed by atoms with E-state index in [2.05, 4.69) is 19.0 Å². The first-order valence-corrected chi connectivity index (χ1v) is 10.6. The quantitative estimate of drug-likeness (QED) is 0.531. The lowest BCUT2D eigenvalue weighted by Gasteiger charge is -2.61. The van der Waals surface area contributed by atoms with Crippen LogP contribution < -0.4 is 5.73 Å². The molecule has 5 heteroatoms.